The predicted molar refractivity (Wildman–Crippen MR) is 67.9 cm³/mol. The molecule has 0 bridgehead atoms. The molecule has 0 fully saturated rings. The molecule has 4 nitrogen and oxygen atoms in total. The summed E-state index contributed by atoms with van der Waals surface area (Å²) in [6.07, 6.45) is -0.578. The van der Waals surface area contributed by atoms with Crippen LogP contribution in [-0.4, -0.2) is 23.8 Å². The maximum atomic E-state index is 11.4. The minimum atomic E-state index is -0.578. The standard InChI is InChI=1S/C10H12BrClN2O2/c1-6(15)5-13-10(16)14-9-3-2-7(11)4-8(9)12/h2-4,6,15H,5H2,1H3,(H2,13,14,16). The number of urea groups is 1. The summed E-state index contributed by atoms with van der Waals surface area (Å²) < 4.78 is 0.840. The minimum absolute atomic E-state index is 0.194. The number of amides is 2. The number of aliphatic hydroxyl groups excluding tert-OH is 1. The molecule has 1 aromatic rings. The van der Waals surface area contributed by atoms with E-state index in [1.165, 1.54) is 0 Å². The van der Waals surface area contributed by atoms with Gasteiger partial charge in [-0.2, -0.15) is 0 Å². The first kappa shape index (κ1) is 13.3. The van der Waals surface area contributed by atoms with E-state index in [9.17, 15) is 4.79 Å². The maximum Gasteiger partial charge on any atom is 0.319 e. The second kappa shape index (κ2) is 6.08. The molecule has 16 heavy (non-hydrogen) atoms. The fraction of sp³-hybridized carbons (Fsp3) is 0.300. The molecule has 1 unspecified atom stereocenters. The zero-order valence-electron chi connectivity index (χ0n) is 8.63. The molecule has 1 atom stereocenters. The maximum absolute atomic E-state index is 11.4. The van der Waals surface area contributed by atoms with Crippen molar-refractivity contribution in [2.45, 2.75) is 13.0 Å². The summed E-state index contributed by atoms with van der Waals surface area (Å²) in [5.74, 6) is 0. The first-order valence-corrected chi connectivity index (χ1v) is 5.84. The lowest BCUT2D eigenvalue weighted by Crippen LogP contribution is -2.34. The Hall–Kier alpha value is -0.780. The van der Waals surface area contributed by atoms with E-state index in [4.69, 9.17) is 16.7 Å². The van der Waals surface area contributed by atoms with Crippen molar-refractivity contribution in [3.05, 3.63) is 27.7 Å². The number of halogens is 2. The van der Waals surface area contributed by atoms with E-state index < -0.39 is 12.1 Å². The highest BCUT2D eigenvalue weighted by molar-refractivity contribution is 9.10. The van der Waals surface area contributed by atoms with Gasteiger partial charge in [0.05, 0.1) is 16.8 Å². The van der Waals surface area contributed by atoms with Crippen LogP contribution >= 0.6 is 27.5 Å². The summed E-state index contributed by atoms with van der Waals surface area (Å²) >= 11 is 9.18. The lowest BCUT2D eigenvalue weighted by Gasteiger charge is -2.10. The van der Waals surface area contributed by atoms with Crippen molar-refractivity contribution in [2.24, 2.45) is 0 Å². The van der Waals surface area contributed by atoms with Gasteiger partial charge in [-0.25, -0.2) is 4.79 Å². The Bertz CT molecular complexity index is 385. The average molecular weight is 308 g/mol. The van der Waals surface area contributed by atoms with E-state index >= 15 is 0 Å². The van der Waals surface area contributed by atoms with Crippen molar-refractivity contribution in [2.75, 3.05) is 11.9 Å². The number of carbonyl (C=O) groups excluding carboxylic acids is 1. The fourth-order valence-corrected chi connectivity index (χ4v) is 1.72. The Morgan fingerprint density at radius 2 is 2.31 bits per heavy atom. The lowest BCUT2D eigenvalue weighted by molar-refractivity contribution is 0.190. The van der Waals surface area contributed by atoms with Gasteiger partial charge in [0, 0.05) is 11.0 Å². The number of hydrogen-bond acceptors (Lipinski definition) is 2. The van der Waals surface area contributed by atoms with Crippen LogP contribution in [0.5, 0.6) is 0 Å². The van der Waals surface area contributed by atoms with Crippen molar-refractivity contribution in [3.8, 4) is 0 Å². The van der Waals surface area contributed by atoms with E-state index in [1.807, 2.05) is 0 Å². The molecule has 0 aliphatic heterocycles. The largest absolute Gasteiger partial charge is 0.392 e. The Morgan fingerprint density at radius 3 is 2.88 bits per heavy atom. The van der Waals surface area contributed by atoms with E-state index in [1.54, 1.807) is 25.1 Å². The molecule has 1 rings (SSSR count). The Morgan fingerprint density at radius 1 is 1.62 bits per heavy atom. The zero-order chi connectivity index (χ0) is 12.1. The van der Waals surface area contributed by atoms with Gasteiger partial charge in [0.15, 0.2) is 0 Å². The van der Waals surface area contributed by atoms with Crippen LogP contribution in [0.4, 0.5) is 10.5 Å². The van der Waals surface area contributed by atoms with E-state index in [0.717, 1.165) is 4.47 Å². The third-order valence-corrected chi connectivity index (χ3v) is 2.54. The van der Waals surface area contributed by atoms with Crippen LogP contribution < -0.4 is 10.6 Å². The predicted octanol–water partition coefficient (Wildman–Crippen LogP) is 2.60. The fourth-order valence-electron chi connectivity index (χ4n) is 0.998. The third-order valence-electron chi connectivity index (χ3n) is 1.74. The number of anilines is 1. The van der Waals surface area contributed by atoms with Crippen molar-refractivity contribution in [3.63, 3.8) is 0 Å². The molecule has 6 heteroatoms. The molecule has 1 aromatic carbocycles. The minimum Gasteiger partial charge on any atom is -0.392 e. The lowest BCUT2D eigenvalue weighted by atomic mass is 10.3. The highest BCUT2D eigenvalue weighted by Crippen LogP contribution is 2.25. The van der Waals surface area contributed by atoms with Crippen molar-refractivity contribution in [1.29, 1.82) is 0 Å². The van der Waals surface area contributed by atoms with Crippen LogP contribution in [0.25, 0.3) is 0 Å². The van der Waals surface area contributed by atoms with Gasteiger partial charge in [-0.1, -0.05) is 27.5 Å². The number of carbonyl (C=O) groups is 1. The Kier molecular flexibility index (Phi) is 5.05. The van der Waals surface area contributed by atoms with Gasteiger partial charge in [0.1, 0.15) is 0 Å². The normalized spacial score (nSPS) is 12.0. The molecular weight excluding hydrogens is 295 g/mol. The highest BCUT2D eigenvalue weighted by Gasteiger charge is 2.06. The average Bonchev–Trinajstić information content (AvgIpc) is 2.19. The van der Waals surface area contributed by atoms with E-state index in [2.05, 4.69) is 26.6 Å². The monoisotopic (exact) mass is 306 g/mol. The molecule has 88 valence electrons. The molecule has 0 spiro atoms. The van der Waals surface area contributed by atoms with Crippen molar-refractivity contribution >= 4 is 39.2 Å². The smallest absolute Gasteiger partial charge is 0.319 e. The number of hydrogen-bond donors (Lipinski definition) is 3. The number of benzene rings is 1. The second-order valence-electron chi connectivity index (χ2n) is 3.31. The summed E-state index contributed by atoms with van der Waals surface area (Å²) in [4.78, 5) is 11.4. The first-order chi connectivity index (χ1) is 7.49. The SMILES string of the molecule is CC(O)CNC(=O)Nc1ccc(Br)cc1Cl. The van der Waals surface area contributed by atoms with Crippen molar-refractivity contribution < 1.29 is 9.90 Å². The topological polar surface area (TPSA) is 61.4 Å². The number of rotatable bonds is 3. The number of aliphatic hydroxyl groups is 1. The van der Waals surface area contributed by atoms with Crippen molar-refractivity contribution in [1.82, 2.24) is 5.32 Å². The third kappa shape index (κ3) is 4.38. The van der Waals surface area contributed by atoms with Gasteiger partial charge in [-0.05, 0) is 25.1 Å². The van der Waals surface area contributed by atoms with Crippen LogP contribution in [0.2, 0.25) is 5.02 Å². The second-order valence-corrected chi connectivity index (χ2v) is 4.63. The molecule has 0 radical (unpaired) electrons. The molecule has 2 amide bonds. The van der Waals surface area contributed by atoms with Crippen LogP contribution in [0.3, 0.4) is 0 Å². The molecule has 0 heterocycles. The van der Waals surface area contributed by atoms with Crippen LogP contribution in [-0.2, 0) is 0 Å². The van der Waals surface area contributed by atoms with Crippen LogP contribution in [0.1, 0.15) is 6.92 Å². The van der Waals surface area contributed by atoms with E-state index in [-0.39, 0.29) is 6.54 Å². The van der Waals surface area contributed by atoms with Crippen LogP contribution in [0, 0.1) is 0 Å². The quantitative estimate of drug-likeness (QED) is 0.804. The Labute approximate surface area is 107 Å². The first-order valence-electron chi connectivity index (χ1n) is 4.67. The molecule has 0 aliphatic rings. The molecule has 0 aromatic heterocycles. The highest BCUT2D eigenvalue weighted by atomic mass is 79.9. The number of nitrogens with one attached hydrogen (secondary N) is 2. The summed E-state index contributed by atoms with van der Waals surface area (Å²) in [5, 5.41) is 14.5. The van der Waals surface area contributed by atoms with Crippen LogP contribution in [0.15, 0.2) is 22.7 Å². The van der Waals surface area contributed by atoms with E-state index in [0.29, 0.717) is 10.7 Å². The molecular formula is C10H12BrClN2O2. The van der Waals surface area contributed by atoms with Gasteiger partial charge in [-0.3, -0.25) is 0 Å². The molecule has 3 N–H and O–H groups in total. The summed E-state index contributed by atoms with van der Waals surface area (Å²) in [5.41, 5.74) is 0.521. The molecule has 0 saturated carbocycles. The summed E-state index contributed by atoms with van der Waals surface area (Å²) in [7, 11) is 0. The summed E-state index contributed by atoms with van der Waals surface area (Å²) in [6, 6.07) is 4.75. The molecule has 0 aliphatic carbocycles. The zero-order valence-corrected chi connectivity index (χ0v) is 11.0. The van der Waals surface area contributed by atoms with Gasteiger partial charge >= 0.3 is 6.03 Å². The Balaban J connectivity index is 2.56. The van der Waals surface area contributed by atoms with Gasteiger partial charge in [0.25, 0.3) is 0 Å². The molecule has 0 saturated heterocycles. The van der Waals surface area contributed by atoms with Gasteiger partial charge in [-0.15, -0.1) is 0 Å². The summed E-state index contributed by atoms with van der Waals surface area (Å²) in [6.45, 7) is 1.78. The van der Waals surface area contributed by atoms with Gasteiger partial charge in [0.2, 0.25) is 0 Å². The van der Waals surface area contributed by atoms with Gasteiger partial charge < -0.3 is 15.7 Å².